The largest absolute Gasteiger partial charge is 0.336 e. The lowest BCUT2D eigenvalue weighted by atomic mass is 10.1. The van der Waals surface area contributed by atoms with Crippen LogP contribution >= 0.6 is 0 Å². The predicted molar refractivity (Wildman–Crippen MR) is 122 cm³/mol. The lowest BCUT2D eigenvalue weighted by Gasteiger charge is -2.15. The SMILES string of the molecule is CC(C)NC(=O)Nc1ccccc1NC(=O)c1cc(C2CC2)nc2c1cnn2C(C)C. The number of amides is 3. The molecule has 31 heavy (non-hydrogen) atoms. The first-order valence-corrected chi connectivity index (χ1v) is 10.7. The number of urea groups is 1. The molecule has 0 aliphatic heterocycles. The average molecular weight is 421 g/mol. The summed E-state index contributed by atoms with van der Waals surface area (Å²) < 4.78 is 1.85. The first kappa shape index (κ1) is 20.8. The monoisotopic (exact) mass is 420 g/mol. The second kappa shape index (κ2) is 8.37. The number of hydrogen-bond acceptors (Lipinski definition) is 4. The zero-order valence-corrected chi connectivity index (χ0v) is 18.3. The minimum atomic E-state index is -0.322. The number of benzene rings is 1. The van der Waals surface area contributed by atoms with Crippen LogP contribution in [0.1, 0.15) is 68.5 Å². The van der Waals surface area contributed by atoms with E-state index in [1.54, 1.807) is 18.3 Å². The summed E-state index contributed by atoms with van der Waals surface area (Å²) in [5.74, 6) is 0.149. The minimum absolute atomic E-state index is 0.00481. The molecule has 1 fully saturated rings. The Morgan fingerprint density at radius 3 is 2.35 bits per heavy atom. The van der Waals surface area contributed by atoms with Crippen LogP contribution in [0.25, 0.3) is 11.0 Å². The number of para-hydroxylation sites is 2. The van der Waals surface area contributed by atoms with Crippen LogP contribution in [0.2, 0.25) is 0 Å². The fraction of sp³-hybridized carbons (Fsp3) is 0.391. The zero-order valence-electron chi connectivity index (χ0n) is 18.3. The summed E-state index contributed by atoms with van der Waals surface area (Å²) in [6, 6.07) is 8.84. The molecule has 2 heterocycles. The van der Waals surface area contributed by atoms with E-state index in [0.717, 1.165) is 29.6 Å². The lowest BCUT2D eigenvalue weighted by Crippen LogP contribution is -2.34. The molecule has 1 aromatic carbocycles. The number of carbonyl (C=O) groups excluding carboxylic acids is 2. The normalized spacial score (nSPS) is 13.6. The molecule has 1 saturated carbocycles. The number of nitrogens with zero attached hydrogens (tertiary/aromatic N) is 3. The molecule has 0 spiro atoms. The molecule has 8 heteroatoms. The summed E-state index contributed by atoms with van der Waals surface area (Å²) >= 11 is 0. The second-order valence-corrected chi connectivity index (χ2v) is 8.54. The van der Waals surface area contributed by atoms with Gasteiger partial charge in [-0.3, -0.25) is 4.79 Å². The molecule has 0 bridgehead atoms. The Morgan fingerprint density at radius 2 is 1.74 bits per heavy atom. The zero-order chi connectivity index (χ0) is 22.1. The van der Waals surface area contributed by atoms with Gasteiger partial charge in [0.2, 0.25) is 0 Å². The maximum Gasteiger partial charge on any atom is 0.319 e. The van der Waals surface area contributed by atoms with Crippen LogP contribution in [0.4, 0.5) is 16.2 Å². The highest BCUT2D eigenvalue weighted by atomic mass is 16.2. The molecule has 4 rings (SSSR count). The van der Waals surface area contributed by atoms with Crippen molar-refractivity contribution in [2.75, 3.05) is 10.6 Å². The second-order valence-electron chi connectivity index (χ2n) is 8.54. The maximum absolute atomic E-state index is 13.3. The van der Waals surface area contributed by atoms with Gasteiger partial charge in [-0.15, -0.1) is 0 Å². The van der Waals surface area contributed by atoms with Crippen molar-refractivity contribution in [3.63, 3.8) is 0 Å². The molecule has 3 N–H and O–H groups in total. The van der Waals surface area contributed by atoms with Crippen LogP contribution in [0.5, 0.6) is 0 Å². The number of fused-ring (bicyclic) bond motifs is 1. The number of anilines is 2. The topological polar surface area (TPSA) is 101 Å². The van der Waals surface area contributed by atoms with Crippen LogP contribution in [-0.4, -0.2) is 32.7 Å². The van der Waals surface area contributed by atoms with Crippen molar-refractivity contribution in [3.05, 3.63) is 47.8 Å². The Kier molecular flexibility index (Phi) is 5.63. The third-order valence-electron chi connectivity index (χ3n) is 5.16. The van der Waals surface area contributed by atoms with E-state index in [2.05, 4.69) is 21.0 Å². The molecule has 1 aliphatic rings. The van der Waals surface area contributed by atoms with E-state index < -0.39 is 0 Å². The van der Waals surface area contributed by atoms with Crippen molar-refractivity contribution in [1.29, 1.82) is 0 Å². The molecule has 0 saturated heterocycles. The average Bonchev–Trinajstić information content (AvgIpc) is 3.46. The molecule has 3 amide bonds. The van der Waals surface area contributed by atoms with Crippen molar-refractivity contribution >= 4 is 34.3 Å². The van der Waals surface area contributed by atoms with E-state index in [0.29, 0.717) is 22.9 Å². The summed E-state index contributed by atoms with van der Waals surface area (Å²) in [4.78, 5) is 30.3. The van der Waals surface area contributed by atoms with E-state index in [1.165, 1.54) is 0 Å². The molecule has 0 atom stereocenters. The van der Waals surface area contributed by atoms with Gasteiger partial charge in [-0.2, -0.15) is 5.10 Å². The van der Waals surface area contributed by atoms with Crippen molar-refractivity contribution in [2.45, 2.75) is 58.5 Å². The minimum Gasteiger partial charge on any atom is -0.336 e. The van der Waals surface area contributed by atoms with Crippen LogP contribution in [-0.2, 0) is 0 Å². The Morgan fingerprint density at radius 1 is 1.06 bits per heavy atom. The van der Waals surface area contributed by atoms with Crippen molar-refractivity contribution in [2.24, 2.45) is 0 Å². The Bertz CT molecular complexity index is 1130. The molecule has 2 aromatic heterocycles. The third-order valence-corrected chi connectivity index (χ3v) is 5.16. The molecule has 0 unspecified atom stereocenters. The Labute approximate surface area is 181 Å². The first-order chi connectivity index (χ1) is 14.8. The standard InChI is InChI=1S/C23H28N6O2/c1-13(2)25-23(31)28-19-8-6-5-7-18(19)27-22(30)16-11-20(15-9-10-15)26-21-17(16)12-24-29(21)14(3)4/h5-8,11-15H,9-10H2,1-4H3,(H,27,30)(H2,25,28,31). The fourth-order valence-corrected chi connectivity index (χ4v) is 3.50. The van der Waals surface area contributed by atoms with Gasteiger partial charge >= 0.3 is 6.03 Å². The van der Waals surface area contributed by atoms with E-state index in [-0.39, 0.29) is 24.0 Å². The van der Waals surface area contributed by atoms with Crippen molar-refractivity contribution < 1.29 is 9.59 Å². The number of aromatic nitrogens is 3. The van der Waals surface area contributed by atoms with Gasteiger partial charge in [0, 0.05) is 23.7 Å². The van der Waals surface area contributed by atoms with Gasteiger partial charge in [0.25, 0.3) is 5.91 Å². The summed E-state index contributed by atoms with van der Waals surface area (Å²) in [6.45, 7) is 7.86. The van der Waals surface area contributed by atoms with Crippen molar-refractivity contribution in [1.82, 2.24) is 20.1 Å². The van der Waals surface area contributed by atoms with Crippen LogP contribution in [0, 0.1) is 0 Å². The van der Waals surface area contributed by atoms with Gasteiger partial charge < -0.3 is 16.0 Å². The van der Waals surface area contributed by atoms with Gasteiger partial charge in [-0.1, -0.05) is 12.1 Å². The van der Waals surface area contributed by atoms with Gasteiger partial charge in [-0.05, 0) is 58.7 Å². The van der Waals surface area contributed by atoms with E-state index >= 15 is 0 Å². The fourth-order valence-electron chi connectivity index (χ4n) is 3.50. The Hall–Kier alpha value is -3.42. The van der Waals surface area contributed by atoms with Gasteiger partial charge in [-0.25, -0.2) is 14.5 Å². The number of rotatable bonds is 6. The molecule has 1 aliphatic carbocycles. The smallest absolute Gasteiger partial charge is 0.319 e. The summed E-state index contributed by atoms with van der Waals surface area (Å²) in [5.41, 5.74) is 3.26. The van der Waals surface area contributed by atoms with E-state index in [4.69, 9.17) is 4.98 Å². The summed E-state index contributed by atoms with van der Waals surface area (Å²) in [5, 5.41) is 13.7. The quantitative estimate of drug-likeness (QED) is 0.539. The first-order valence-electron chi connectivity index (χ1n) is 10.7. The van der Waals surface area contributed by atoms with Crippen LogP contribution in [0.3, 0.4) is 0 Å². The highest BCUT2D eigenvalue weighted by Gasteiger charge is 2.28. The number of hydrogen-bond donors (Lipinski definition) is 3. The maximum atomic E-state index is 13.3. The molecular weight excluding hydrogens is 392 g/mol. The van der Waals surface area contributed by atoms with E-state index in [9.17, 15) is 9.59 Å². The summed E-state index contributed by atoms with van der Waals surface area (Å²) in [7, 11) is 0. The van der Waals surface area contributed by atoms with Gasteiger partial charge in [0.05, 0.1) is 28.5 Å². The number of carbonyl (C=O) groups is 2. The number of nitrogens with one attached hydrogen (secondary N) is 3. The third kappa shape index (κ3) is 4.52. The molecule has 162 valence electrons. The van der Waals surface area contributed by atoms with Gasteiger partial charge in [0.1, 0.15) is 0 Å². The Balaban J connectivity index is 1.66. The van der Waals surface area contributed by atoms with Crippen molar-refractivity contribution in [3.8, 4) is 0 Å². The van der Waals surface area contributed by atoms with Gasteiger partial charge in [0.15, 0.2) is 5.65 Å². The van der Waals surface area contributed by atoms with E-state index in [1.807, 2.05) is 50.6 Å². The predicted octanol–water partition coefficient (Wildman–Crippen LogP) is 4.67. The van der Waals surface area contributed by atoms with Crippen LogP contribution in [0.15, 0.2) is 36.5 Å². The molecular formula is C23H28N6O2. The lowest BCUT2D eigenvalue weighted by molar-refractivity contribution is 0.102. The molecule has 3 aromatic rings. The summed E-state index contributed by atoms with van der Waals surface area (Å²) in [6.07, 6.45) is 3.88. The molecule has 0 radical (unpaired) electrons. The highest BCUT2D eigenvalue weighted by Crippen LogP contribution is 2.40. The highest BCUT2D eigenvalue weighted by molar-refractivity contribution is 6.13. The number of pyridine rings is 1. The molecule has 8 nitrogen and oxygen atoms in total. The van der Waals surface area contributed by atoms with Crippen LogP contribution < -0.4 is 16.0 Å².